The minimum Gasteiger partial charge on any atom is -0.295 e. The number of sulfonamides is 1. The first-order valence-electron chi connectivity index (χ1n) is 8.73. The molecule has 0 radical (unpaired) electrons. The van der Waals surface area contributed by atoms with E-state index < -0.39 is 44.2 Å². The Morgan fingerprint density at radius 1 is 1.07 bits per heavy atom. The number of rotatable bonds is 7. The highest BCUT2D eigenvalue weighted by atomic mass is 32.2. The van der Waals surface area contributed by atoms with E-state index in [1.807, 2.05) is 0 Å². The highest BCUT2D eigenvalue weighted by Crippen LogP contribution is 2.35. The Morgan fingerprint density at radius 2 is 1.69 bits per heavy atom. The molecule has 1 saturated carbocycles. The Kier molecular flexibility index (Phi) is 5.90. The lowest BCUT2D eigenvalue weighted by Crippen LogP contribution is -2.33. The van der Waals surface area contributed by atoms with Gasteiger partial charge in [-0.05, 0) is 37.0 Å². The summed E-state index contributed by atoms with van der Waals surface area (Å²) >= 11 is 0. The number of hydrogen-bond acceptors (Lipinski definition) is 3. The average molecular weight is 427 g/mol. The number of carbonyl (C=O) groups excluding carboxylic acids is 1. The topological polar surface area (TPSA) is 54.5 Å². The van der Waals surface area contributed by atoms with Gasteiger partial charge >= 0.3 is 0 Å². The van der Waals surface area contributed by atoms with Crippen molar-refractivity contribution in [1.29, 1.82) is 0 Å². The number of nitrogens with zero attached hydrogens (tertiary/aromatic N) is 1. The maximum absolute atomic E-state index is 14.1. The number of hydrogen-bond donors (Lipinski definition) is 0. The predicted molar refractivity (Wildman–Crippen MR) is 98.2 cm³/mol. The van der Waals surface area contributed by atoms with Crippen LogP contribution in [0.2, 0.25) is 0 Å². The number of allylic oxidation sites excluding steroid dienone is 1. The van der Waals surface area contributed by atoms with Gasteiger partial charge < -0.3 is 0 Å². The first-order chi connectivity index (χ1) is 13.6. The summed E-state index contributed by atoms with van der Waals surface area (Å²) in [4.78, 5) is 9.75. The summed E-state index contributed by atoms with van der Waals surface area (Å²) < 4.78 is 81.1. The van der Waals surface area contributed by atoms with Crippen molar-refractivity contribution in [3.63, 3.8) is 0 Å². The Labute approximate surface area is 165 Å². The first kappa shape index (κ1) is 21.2. The molecule has 29 heavy (non-hydrogen) atoms. The Morgan fingerprint density at radius 3 is 2.24 bits per heavy atom. The van der Waals surface area contributed by atoms with Gasteiger partial charge in [-0.1, -0.05) is 30.3 Å². The van der Waals surface area contributed by atoms with Crippen LogP contribution >= 0.6 is 0 Å². The molecule has 154 valence electrons. The second-order valence-corrected chi connectivity index (χ2v) is 8.62. The van der Waals surface area contributed by atoms with Crippen LogP contribution in [0, 0.1) is 23.3 Å². The lowest BCUT2D eigenvalue weighted by molar-refractivity contribution is -0.112. The quantitative estimate of drug-likeness (QED) is 0.288. The molecule has 0 aromatic heterocycles. The van der Waals surface area contributed by atoms with Gasteiger partial charge in [0.15, 0.2) is 29.1 Å². The summed E-state index contributed by atoms with van der Waals surface area (Å²) in [6.07, 6.45) is 4.02. The lowest BCUT2D eigenvalue weighted by Gasteiger charge is -2.22. The van der Waals surface area contributed by atoms with E-state index in [1.54, 1.807) is 30.3 Å². The summed E-state index contributed by atoms with van der Waals surface area (Å²) in [5.74, 6) is -8.07. The molecule has 0 bridgehead atoms. The van der Waals surface area contributed by atoms with E-state index in [1.165, 1.54) is 13.0 Å². The third-order valence-corrected chi connectivity index (χ3v) is 6.34. The molecule has 1 aliphatic carbocycles. The van der Waals surface area contributed by atoms with E-state index in [4.69, 9.17) is 0 Å². The van der Waals surface area contributed by atoms with Crippen LogP contribution in [0.4, 0.5) is 17.6 Å². The molecule has 0 saturated heterocycles. The van der Waals surface area contributed by atoms with E-state index >= 15 is 0 Å². The summed E-state index contributed by atoms with van der Waals surface area (Å²) in [6, 6.07) is 6.33. The largest absolute Gasteiger partial charge is 0.295 e. The highest BCUT2D eigenvalue weighted by Gasteiger charge is 2.40. The zero-order valence-corrected chi connectivity index (χ0v) is 16.1. The molecule has 1 fully saturated rings. The standard InChI is InChI=1S/C20H17F4NO3S/c1-12(26)2-3-13-4-6-14(7-5-13)11-25(15-8-9-15)29(27,28)17-10-16(21)18(22)20(24)19(17)23/h2-7,10,15H,8-9,11H2,1H3/b3-2+. The van der Waals surface area contributed by atoms with Crippen molar-refractivity contribution in [2.75, 3.05) is 0 Å². The van der Waals surface area contributed by atoms with Gasteiger partial charge in [0, 0.05) is 18.7 Å². The fourth-order valence-corrected chi connectivity index (χ4v) is 4.51. The molecule has 0 heterocycles. The monoisotopic (exact) mass is 427 g/mol. The summed E-state index contributed by atoms with van der Waals surface area (Å²) in [6.45, 7) is 1.26. The predicted octanol–water partition coefficient (Wildman–Crippen LogP) is 4.20. The van der Waals surface area contributed by atoms with Crippen molar-refractivity contribution in [2.24, 2.45) is 0 Å². The van der Waals surface area contributed by atoms with Gasteiger partial charge in [0.25, 0.3) is 0 Å². The second-order valence-electron chi connectivity index (χ2n) is 6.77. The van der Waals surface area contributed by atoms with E-state index in [-0.39, 0.29) is 18.4 Å². The van der Waals surface area contributed by atoms with Crippen molar-refractivity contribution in [3.05, 3.63) is 70.8 Å². The SMILES string of the molecule is CC(=O)/C=C/c1ccc(CN(C2CC2)S(=O)(=O)c2cc(F)c(F)c(F)c2F)cc1. The zero-order chi connectivity index (χ0) is 21.3. The molecule has 1 aliphatic rings. The van der Waals surface area contributed by atoms with E-state index in [0.29, 0.717) is 18.4 Å². The second kappa shape index (κ2) is 8.08. The van der Waals surface area contributed by atoms with Crippen LogP contribution in [0.15, 0.2) is 41.3 Å². The fraction of sp³-hybridized carbons (Fsp3) is 0.250. The molecule has 3 rings (SSSR count). The molecule has 0 spiro atoms. The number of carbonyl (C=O) groups is 1. The van der Waals surface area contributed by atoms with E-state index in [2.05, 4.69) is 0 Å². The third kappa shape index (κ3) is 4.56. The lowest BCUT2D eigenvalue weighted by atomic mass is 10.1. The maximum Gasteiger partial charge on any atom is 0.246 e. The molecular weight excluding hydrogens is 410 g/mol. The van der Waals surface area contributed by atoms with Crippen molar-refractivity contribution in [3.8, 4) is 0 Å². The molecule has 9 heteroatoms. The highest BCUT2D eigenvalue weighted by molar-refractivity contribution is 7.89. The Bertz CT molecular complexity index is 1080. The fourth-order valence-electron chi connectivity index (χ4n) is 2.77. The van der Waals surface area contributed by atoms with E-state index in [9.17, 15) is 30.8 Å². The van der Waals surface area contributed by atoms with Gasteiger partial charge in [-0.25, -0.2) is 26.0 Å². The molecule has 0 aliphatic heterocycles. The van der Waals surface area contributed by atoms with Crippen molar-refractivity contribution >= 4 is 21.9 Å². The molecule has 2 aromatic rings. The minimum atomic E-state index is -4.61. The number of benzene rings is 2. The zero-order valence-electron chi connectivity index (χ0n) is 15.3. The van der Waals surface area contributed by atoms with Crippen molar-refractivity contribution < 1.29 is 30.8 Å². The van der Waals surface area contributed by atoms with E-state index in [0.717, 1.165) is 9.87 Å². The molecular formula is C20H17F4NO3S. The van der Waals surface area contributed by atoms with Gasteiger partial charge in [-0.15, -0.1) is 0 Å². The maximum atomic E-state index is 14.1. The van der Waals surface area contributed by atoms with Crippen molar-refractivity contribution in [2.45, 2.75) is 37.2 Å². The molecule has 0 N–H and O–H groups in total. The molecule has 4 nitrogen and oxygen atoms in total. The normalized spacial score (nSPS) is 14.7. The van der Waals surface area contributed by atoms with Gasteiger partial charge in [-0.2, -0.15) is 4.31 Å². The van der Waals surface area contributed by atoms with Crippen molar-refractivity contribution in [1.82, 2.24) is 4.31 Å². The van der Waals surface area contributed by atoms with Gasteiger partial charge in [0.1, 0.15) is 4.90 Å². The van der Waals surface area contributed by atoms with Crippen LogP contribution in [0.5, 0.6) is 0 Å². The minimum absolute atomic E-state index is 0.124. The Balaban J connectivity index is 1.92. The Hall–Kier alpha value is -2.52. The van der Waals surface area contributed by atoms with Crippen LogP contribution in [-0.4, -0.2) is 24.5 Å². The number of halogens is 4. The van der Waals surface area contributed by atoms with Crippen LogP contribution in [0.3, 0.4) is 0 Å². The summed E-state index contributed by atoms with van der Waals surface area (Å²) in [5, 5.41) is 0. The van der Waals surface area contributed by atoms with Crippen LogP contribution in [-0.2, 0) is 21.4 Å². The summed E-state index contributed by atoms with van der Waals surface area (Å²) in [5.41, 5.74) is 1.28. The van der Waals surface area contributed by atoms with Crippen LogP contribution in [0.1, 0.15) is 30.9 Å². The smallest absolute Gasteiger partial charge is 0.246 e. The van der Waals surface area contributed by atoms with Crippen LogP contribution in [0.25, 0.3) is 6.08 Å². The molecule has 0 unspecified atom stereocenters. The average Bonchev–Trinajstić information content (AvgIpc) is 3.51. The van der Waals surface area contributed by atoms with Crippen LogP contribution < -0.4 is 0 Å². The van der Waals surface area contributed by atoms with Gasteiger partial charge in [0.2, 0.25) is 10.0 Å². The summed E-state index contributed by atoms with van der Waals surface area (Å²) in [7, 11) is -4.61. The molecule has 0 amide bonds. The van der Waals surface area contributed by atoms with Gasteiger partial charge in [-0.3, -0.25) is 4.79 Å². The van der Waals surface area contributed by atoms with Gasteiger partial charge in [0.05, 0.1) is 0 Å². The number of ketones is 1. The third-order valence-electron chi connectivity index (χ3n) is 4.44. The first-order valence-corrected chi connectivity index (χ1v) is 10.2. The molecule has 2 aromatic carbocycles. The molecule has 0 atom stereocenters.